The van der Waals surface area contributed by atoms with E-state index in [4.69, 9.17) is 0 Å². The van der Waals surface area contributed by atoms with E-state index in [1.807, 2.05) is 0 Å². The summed E-state index contributed by atoms with van der Waals surface area (Å²) >= 11 is 3.77. The molecule has 0 radical (unpaired) electrons. The fraction of sp³-hybridized carbons (Fsp3) is 0.0833. The number of thiol groups is 1. The summed E-state index contributed by atoms with van der Waals surface area (Å²) in [5.41, 5.74) is -0.0238. The lowest BCUT2D eigenvalue weighted by atomic mass is 10.1. The highest BCUT2D eigenvalue weighted by atomic mass is 32.1. The van der Waals surface area contributed by atoms with Gasteiger partial charge < -0.3 is 0 Å². The van der Waals surface area contributed by atoms with Crippen molar-refractivity contribution in [2.75, 3.05) is 0 Å². The van der Waals surface area contributed by atoms with E-state index in [0.29, 0.717) is 5.56 Å². The molecule has 0 unspecified atom stereocenters. The van der Waals surface area contributed by atoms with E-state index in [9.17, 15) is 13.2 Å². The van der Waals surface area contributed by atoms with E-state index in [2.05, 4.69) is 17.6 Å². The number of hydrogen-bond acceptors (Lipinski definition) is 2. The fourth-order valence-electron chi connectivity index (χ4n) is 1.43. The van der Waals surface area contributed by atoms with Crippen LogP contribution < -0.4 is 0 Å². The molecule has 0 aliphatic carbocycles. The van der Waals surface area contributed by atoms with Gasteiger partial charge in [0.05, 0.1) is 5.69 Å². The van der Waals surface area contributed by atoms with Gasteiger partial charge in [0.15, 0.2) is 5.69 Å². The third-order valence-electron chi connectivity index (χ3n) is 2.21. The van der Waals surface area contributed by atoms with E-state index in [0.717, 1.165) is 0 Å². The Morgan fingerprint density at radius 3 is 2.18 bits per heavy atom. The van der Waals surface area contributed by atoms with Crippen molar-refractivity contribution in [1.82, 2.24) is 4.98 Å². The lowest BCUT2D eigenvalue weighted by molar-refractivity contribution is -0.143. The second-order valence-electron chi connectivity index (χ2n) is 3.43. The Hall–Kier alpha value is -1.49. The van der Waals surface area contributed by atoms with Crippen molar-refractivity contribution >= 4 is 12.6 Å². The summed E-state index contributed by atoms with van der Waals surface area (Å²) in [6.45, 7) is 0. The molecule has 1 nitrogen and oxygen atoms in total. The highest BCUT2D eigenvalue weighted by Crippen LogP contribution is 2.33. The van der Waals surface area contributed by atoms with Crippen LogP contribution in [0, 0.1) is 0 Å². The van der Waals surface area contributed by atoms with E-state index in [1.54, 1.807) is 30.3 Å². The number of rotatable bonds is 1. The Balaban J connectivity index is 2.53. The minimum absolute atomic E-state index is 0.169. The summed E-state index contributed by atoms with van der Waals surface area (Å²) in [5.74, 6) is 0. The van der Waals surface area contributed by atoms with Crippen molar-refractivity contribution in [3.05, 3.63) is 48.2 Å². The van der Waals surface area contributed by atoms with Gasteiger partial charge >= 0.3 is 6.18 Å². The molecule has 2 aromatic rings. The van der Waals surface area contributed by atoms with Crippen LogP contribution in [0.5, 0.6) is 0 Å². The largest absolute Gasteiger partial charge is 0.434 e. The normalized spacial score (nSPS) is 11.5. The van der Waals surface area contributed by atoms with Gasteiger partial charge in [0.1, 0.15) is 0 Å². The summed E-state index contributed by atoms with van der Waals surface area (Å²) in [7, 11) is 0. The number of nitrogens with zero attached hydrogens (tertiary/aromatic N) is 1. The SMILES string of the molecule is FC(F)(F)c1nc(-c2ccccc2)ccc1S. The number of pyridine rings is 1. The van der Waals surface area contributed by atoms with Crippen LogP contribution in [0.3, 0.4) is 0 Å². The first-order valence-corrected chi connectivity index (χ1v) is 5.26. The maximum Gasteiger partial charge on any atom is 0.434 e. The molecule has 0 saturated carbocycles. The average molecular weight is 255 g/mol. The Kier molecular flexibility index (Phi) is 3.11. The Morgan fingerprint density at radius 2 is 1.59 bits per heavy atom. The van der Waals surface area contributed by atoms with Gasteiger partial charge in [0.2, 0.25) is 0 Å². The van der Waals surface area contributed by atoms with Crippen LogP contribution in [-0.4, -0.2) is 4.98 Å². The first-order chi connectivity index (χ1) is 7.98. The Morgan fingerprint density at radius 1 is 0.941 bits per heavy atom. The number of aromatic nitrogens is 1. The first kappa shape index (κ1) is 12.0. The quantitative estimate of drug-likeness (QED) is 0.758. The number of hydrogen-bond donors (Lipinski definition) is 1. The molecular formula is C12H8F3NS. The average Bonchev–Trinajstić information content (AvgIpc) is 2.29. The molecule has 5 heteroatoms. The van der Waals surface area contributed by atoms with Crippen molar-refractivity contribution < 1.29 is 13.2 Å². The van der Waals surface area contributed by atoms with Crippen LogP contribution in [0.1, 0.15) is 5.69 Å². The zero-order valence-electron chi connectivity index (χ0n) is 8.57. The van der Waals surface area contributed by atoms with E-state index < -0.39 is 11.9 Å². The van der Waals surface area contributed by atoms with E-state index in [-0.39, 0.29) is 10.6 Å². The molecule has 17 heavy (non-hydrogen) atoms. The molecule has 0 bridgehead atoms. The van der Waals surface area contributed by atoms with Crippen molar-refractivity contribution in [1.29, 1.82) is 0 Å². The number of benzene rings is 1. The van der Waals surface area contributed by atoms with Gasteiger partial charge in [0.25, 0.3) is 0 Å². The Labute approximate surface area is 102 Å². The van der Waals surface area contributed by atoms with Crippen molar-refractivity contribution in [3.8, 4) is 11.3 Å². The summed E-state index contributed by atoms with van der Waals surface area (Å²) in [6, 6.07) is 11.5. The summed E-state index contributed by atoms with van der Waals surface area (Å²) in [4.78, 5) is 3.44. The molecule has 88 valence electrons. The fourth-order valence-corrected chi connectivity index (χ4v) is 1.68. The van der Waals surface area contributed by atoms with Gasteiger partial charge in [0, 0.05) is 10.5 Å². The van der Waals surface area contributed by atoms with Crippen molar-refractivity contribution in [3.63, 3.8) is 0 Å². The molecule has 0 amide bonds. The van der Waals surface area contributed by atoms with Gasteiger partial charge in [-0.1, -0.05) is 30.3 Å². The standard InChI is InChI=1S/C12H8F3NS/c13-12(14,15)11-10(17)7-6-9(16-11)8-4-2-1-3-5-8/h1-7,17H. The predicted octanol–water partition coefficient (Wildman–Crippen LogP) is 4.06. The second kappa shape index (κ2) is 4.41. The monoisotopic (exact) mass is 255 g/mol. The van der Waals surface area contributed by atoms with Crippen LogP contribution in [-0.2, 0) is 6.18 Å². The summed E-state index contributed by atoms with van der Waals surface area (Å²) in [6.07, 6.45) is -4.48. The van der Waals surface area contributed by atoms with Crippen LogP contribution >= 0.6 is 12.6 Å². The van der Waals surface area contributed by atoms with Crippen LogP contribution in [0.4, 0.5) is 13.2 Å². The molecule has 0 spiro atoms. The molecular weight excluding hydrogens is 247 g/mol. The topological polar surface area (TPSA) is 12.9 Å². The number of alkyl halides is 3. The summed E-state index contributed by atoms with van der Waals surface area (Å²) < 4.78 is 37.9. The molecule has 0 atom stereocenters. The smallest absolute Gasteiger partial charge is 0.242 e. The zero-order chi connectivity index (χ0) is 12.5. The number of halogens is 3. The maximum absolute atomic E-state index is 12.6. The summed E-state index contributed by atoms with van der Waals surface area (Å²) in [5, 5.41) is 0. The van der Waals surface area contributed by atoms with Crippen LogP contribution in [0.15, 0.2) is 47.4 Å². The van der Waals surface area contributed by atoms with Crippen LogP contribution in [0.2, 0.25) is 0 Å². The third-order valence-corrected chi connectivity index (χ3v) is 2.57. The maximum atomic E-state index is 12.6. The van der Waals surface area contributed by atoms with E-state index >= 15 is 0 Å². The lowest BCUT2D eigenvalue weighted by Gasteiger charge is -2.10. The lowest BCUT2D eigenvalue weighted by Crippen LogP contribution is -2.09. The van der Waals surface area contributed by atoms with Gasteiger partial charge in [-0.3, -0.25) is 0 Å². The molecule has 0 N–H and O–H groups in total. The van der Waals surface area contributed by atoms with Crippen LogP contribution in [0.25, 0.3) is 11.3 Å². The molecule has 0 fully saturated rings. The van der Waals surface area contributed by atoms with E-state index in [1.165, 1.54) is 12.1 Å². The van der Waals surface area contributed by atoms with Gasteiger partial charge in [-0.2, -0.15) is 13.2 Å². The van der Waals surface area contributed by atoms with Gasteiger partial charge in [-0.25, -0.2) is 4.98 Å². The van der Waals surface area contributed by atoms with Crippen molar-refractivity contribution in [2.45, 2.75) is 11.1 Å². The second-order valence-corrected chi connectivity index (χ2v) is 3.91. The van der Waals surface area contributed by atoms with Gasteiger partial charge in [-0.15, -0.1) is 12.6 Å². The van der Waals surface area contributed by atoms with Gasteiger partial charge in [-0.05, 0) is 12.1 Å². The first-order valence-electron chi connectivity index (χ1n) is 4.81. The van der Waals surface area contributed by atoms with Crippen molar-refractivity contribution in [2.24, 2.45) is 0 Å². The molecule has 1 heterocycles. The molecule has 0 aliphatic heterocycles. The molecule has 2 rings (SSSR count). The molecule has 0 saturated heterocycles. The molecule has 1 aromatic carbocycles. The highest BCUT2D eigenvalue weighted by molar-refractivity contribution is 7.80. The highest BCUT2D eigenvalue weighted by Gasteiger charge is 2.35. The zero-order valence-corrected chi connectivity index (χ0v) is 9.46. The minimum atomic E-state index is -4.48. The third kappa shape index (κ3) is 2.61. The Bertz CT molecular complexity index is 523. The molecule has 1 aromatic heterocycles. The molecule has 0 aliphatic rings. The predicted molar refractivity (Wildman–Crippen MR) is 61.9 cm³/mol. The minimum Gasteiger partial charge on any atom is -0.242 e.